The number of likely N-dealkylation sites (tertiary alicyclic amines) is 2. The average Bonchev–Trinajstić information content (AvgIpc) is 3.22. The third kappa shape index (κ3) is 6.63. The summed E-state index contributed by atoms with van der Waals surface area (Å²) in [5, 5.41) is 3.10. The maximum atomic E-state index is 12.8. The summed E-state index contributed by atoms with van der Waals surface area (Å²) in [7, 11) is 0. The van der Waals surface area contributed by atoms with Crippen LogP contribution in [0.25, 0.3) is 0 Å². The lowest BCUT2D eigenvalue weighted by Gasteiger charge is -2.37. The summed E-state index contributed by atoms with van der Waals surface area (Å²) in [6.07, 6.45) is 3.01. The van der Waals surface area contributed by atoms with E-state index in [1.807, 2.05) is 54.0 Å². The standard InChI is InChI=1S/C26H41N3O3/c1-19(2)10-13-27-26(31)29-16-22(18-32-23-8-6-5-7-9-23)24(17-29)21-11-14-28(15-12-21)25(30)20(3)4/h5-9,19-22,24H,10-18H2,1-4H3,(H,27,31)/t22-,24-/m0/s1. The summed E-state index contributed by atoms with van der Waals surface area (Å²) < 4.78 is 6.12. The van der Waals surface area contributed by atoms with Crippen molar-refractivity contribution in [3.63, 3.8) is 0 Å². The second-order valence-corrected chi connectivity index (χ2v) is 10.2. The SMILES string of the molecule is CC(C)CCNC(=O)N1C[C@@H](COc2ccccc2)[C@H](C2CCN(C(=O)C(C)C)CC2)C1. The Morgan fingerprint density at radius 2 is 1.72 bits per heavy atom. The molecule has 2 aliphatic rings. The Balaban J connectivity index is 1.61. The number of amides is 3. The summed E-state index contributed by atoms with van der Waals surface area (Å²) >= 11 is 0. The van der Waals surface area contributed by atoms with E-state index in [1.54, 1.807) is 0 Å². The predicted molar refractivity (Wildman–Crippen MR) is 127 cm³/mol. The van der Waals surface area contributed by atoms with Crippen molar-refractivity contribution in [1.82, 2.24) is 15.1 Å². The Hall–Kier alpha value is -2.24. The molecule has 1 aromatic carbocycles. The third-order valence-corrected chi connectivity index (χ3v) is 6.93. The van der Waals surface area contributed by atoms with E-state index in [9.17, 15) is 9.59 Å². The van der Waals surface area contributed by atoms with Crippen molar-refractivity contribution in [3.8, 4) is 5.75 Å². The number of carbonyl (C=O) groups excluding carboxylic acids is 2. The van der Waals surface area contributed by atoms with Gasteiger partial charge in [0, 0.05) is 44.6 Å². The highest BCUT2D eigenvalue weighted by Gasteiger charge is 2.41. The fourth-order valence-corrected chi connectivity index (χ4v) is 4.99. The molecule has 3 rings (SSSR count). The first-order chi connectivity index (χ1) is 15.3. The van der Waals surface area contributed by atoms with Crippen molar-refractivity contribution in [2.24, 2.45) is 29.6 Å². The zero-order valence-electron chi connectivity index (χ0n) is 20.3. The molecule has 2 fully saturated rings. The molecule has 0 bridgehead atoms. The lowest BCUT2D eigenvalue weighted by atomic mass is 9.78. The second kappa shape index (κ2) is 11.6. The van der Waals surface area contributed by atoms with Crippen LogP contribution in [0, 0.1) is 29.6 Å². The molecule has 0 radical (unpaired) electrons. The first-order valence-corrected chi connectivity index (χ1v) is 12.3. The molecule has 0 aliphatic carbocycles. The van der Waals surface area contributed by atoms with Gasteiger partial charge in [0.05, 0.1) is 6.61 Å². The molecule has 3 amide bonds. The van der Waals surface area contributed by atoms with Crippen molar-refractivity contribution in [1.29, 1.82) is 0 Å². The molecule has 1 aromatic rings. The smallest absolute Gasteiger partial charge is 0.317 e. The van der Waals surface area contributed by atoms with E-state index >= 15 is 0 Å². The number of hydrogen-bond acceptors (Lipinski definition) is 3. The molecule has 2 saturated heterocycles. The van der Waals surface area contributed by atoms with E-state index in [0.717, 1.165) is 57.7 Å². The van der Waals surface area contributed by atoms with E-state index in [1.165, 1.54) is 0 Å². The number of para-hydroxylation sites is 1. The Bertz CT molecular complexity index is 729. The summed E-state index contributed by atoms with van der Waals surface area (Å²) in [5.41, 5.74) is 0. The molecule has 32 heavy (non-hydrogen) atoms. The molecule has 2 aliphatic heterocycles. The second-order valence-electron chi connectivity index (χ2n) is 10.2. The molecule has 178 valence electrons. The van der Waals surface area contributed by atoms with Crippen molar-refractivity contribution < 1.29 is 14.3 Å². The maximum absolute atomic E-state index is 12.8. The topological polar surface area (TPSA) is 61.9 Å². The normalized spacial score (nSPS) is 21.9. The van der Waals surface area contributed by atoms with E-state index in [-0.39, 0.29) is 17.9 Å². The van der Waals surface area contributed by atoms with Gasteiger partial charge in [-0.3, -0.25) is 4.79 Å². The highest BCUT2D eigenvalue weighted by Crippen LogP contribution is 2.36. The van der Waals surface area contributed by atoms with Gasteiger partial charge in [-0.1, -0.05) is 45.9 Å². The molecule has 2 atom stereocenters. The van der Waals surface area contributed by atoms with Crippen molar-refractivity contribution in [2.75, 3.05) is 39.3 Å². The molecule has 2 heterocycles. The Morgan fingerprint density at radius 1 is 1.03 bits per heavy atom. The lowest BCUT2D eigenvalue weighted by molar-refractivity contribution is -0.136. The van der Waals surface area contributed by atoms with E-state index in [2.05, 4.69) is 19.2 Å². The number of rotatable bonds is 8. The monoisotopic (exact) mass is 443 g/mol. The largest absolute Gasteiger partial charge is 0.493 e. The Morgan fingerprint density at radius 3 is 2.34 bits per heavy atom. The quantitative estimate of drug-likeness (QED) is 0.653. The number of piperidine rings is 1. The molecule has 0 aromatic heterocycles. The van der Waals surface area contributed by atoms with Gasteiger partial charge in [-0.05, 0) is 49.1 Å². The molecular weight excluding hydrogens is 402 g/mol. The van der Waals surface area contributed by atoms with Gasteiger partial charge in [-0.25, -0.2) is 4.79 Å². The van der Waals surface area contributed by atoms with Gasteiger partial charge in [-0.2, -0.15) is 0 Å². The van der Waals surface area contributed by atoms with Gasteiger partial charge in [0.2, 0.25) is 5.91 Å². The molecule has 6 nitrogen and oxygen atoms in total. The third-order valence-electron chi connectivity index (χ3n) is 6.93. The molecule has 0 unspecified atom stereocenters. The van der Waals surface area contributed by atoms with Crippen LogP contribution in [-0.2, 0) is 4.79 Å². The van der Waals surface area contributed by atoms with Crippen LogP contribution < -0.4 is 10.1 Å². The van der Waals surface area contributed by atoms with Gasteiger partial charge in [-0.15, -0.1) is 0 Å². The Labute approximate surface area is 193 Å². The van der Waals surface area contributed by atoms with Crippen LogP contribution in [0.3, 0.4) is 0 Å². The van der Waals surface area contributed by atoms with Gasteiger partial charge in [0.15, 0.2) is 0 Å². The van der Waals surface area contributed by atoms with Crippen LogP contribution in [0.15, 0.2) is 30.3 Å². The summed E-state index contributed by atoms with van der Waals surface area (Å²) in [4.78, 5) is 29.2. The number of nitrogens with one attached hydrogen (secondary N) is 1. The number of ether oxygens (including phenoxy) is 1. The van der Waals surface area contributed by atoms with Gasteiger partial charge >= 0.3 is 6.03 Å². The minimum atomic E-state index is 0.0466. The average molecular weight is 444 g/mol. The fourth-order valence-electron chi connectivity index (χ4n) is 4.99. The molecule has 0 saturated carbocycles. The summed E-state index contributed by atoms with van der Waals surface area (Å²) in [6.45, 7) is 12.8. The lowest BCUT2D eigenvalue weighted by Crippen LogP contribution is -2.43. The van der Waals surface area contributed by atoms with E-state index in [4.69, 9.17) is 4.74 Å². The molecule has 0 spiro atoms. The number of nitrogens with zero attached hydrogens (tertiary/aromatic N) is 2. The first kappa shape index (κ1) is 24.4. The van der Waals surface area contributed by atoms with Crippen molar-refractivity contribution >= 4 is 11.9 Å². The minimum absolute atomic E-state index is 0.0466. The summed E-state index contributed by atoms with van der Waals surface area (Å²) in [5.74, 6) is 2.99. The van der Waals surface area contributed by atoms with Crippen LogP contribution in [0.5, 0.6) is 5.75 Å². The summed E-state index contributed by atoms with van der Waals surface area (Å²) in [6, 6.07) is 9.97. The number of carbonyl (C=O) groups is 2. The van der Waals surface area contributed by atoms with Crippen LogP contribution in [-0.4, -0.2) is 61.1 Å². The van der Waals surface area contributed by atoms with Crippen LogP contribution >= 0.6 is 0 Å². The van der Waals surface area contributed by atoms with Crippen LogP contribution in [0.4, 0.5) is 4.79 Å². The molecule has 1 N–H and O–H groups in total. The highest BCUT2D eigenvalue weighted by atomic mass is 16.5. The minimum Gasteiger partial charge on any atom is -0.493 e. The van der Waals surface area contributed by atoms with Crippen LogP contribution in [0.1, 0.15) is 47.0 Å². The van der Waals surface area contributed by atoms with Gasteiger partial charge in [0.1, 0.15) is 5.75 Å². The van der Waals surface area contributed by atoms with Gasteiger partial charge in [0.25, 0.3) is 0 Å². The maximum Gasteiger partial charge on any atom is 0.317 e. The van der Waals surface area contributed by atoms with Crippen molar-refractivity contribution in [2.45, 2.75) is 47.0 Å². The number of benzene rings is 1. The van der Waals surface area contributed by atoms with Gasteiger partial charge < -0.3 is 19.9 Å². The molecular formula is C26H41N3O3. The fraction of sp³-hybridized carbons (Fsp3) is 0.692. The molecule has 6 heteroatoms. The number of hydrogen-bond donors (Lipinski definition) is 1. The van der Waals surface area contributed by atoms with Crippen LogP contribution in [0.2, 0.25) is 0 Å². The predicted octanol–water partition coefficient (Wildman–Crippen LogP) is 4.26. The zero-order chi connectivity index (χ0) is 23.1. The zero-order valence-corrected chi connectivity index (χ0v) is 20.3. The van der Waals surface area contributed by atoms with E-state index < -0.39 is 0 Å². The first-order valence-electron chi connectivity index (χ1n) is 12.3. The van der Waals surface area contributed by atoms with Crippen molar-refractivity contribution in [3.05, 3.63) is 30.3 Å². The van der Waals surface area contributed by atoms with E-state index in [0.29, 0.717) is 30.3 Å². The highest BCUT2D eigenvalue weighted by molar-refractivity contribution is 5.78. The number of urea groups is 1. The Kier molecular flexibility index (Phi) is 8.83.